The first-order valence-corrected chi connectivity index (χ1v) is 10.4. The smallest absolute Gasteiger partial charge is 0.272 e. The van der Waals surface area contributed by atoms with Gasteiger partial charge in [-0.2, -0.15) is 0 Å². The summed E-state index contributed by atoms with van der Waals surface area (Å²) in [7, 11) is 1.58. The Hall–Kier alpha value is -4.04. The third-order valence-corrected chi connectivity index (χ3v) is 5.48. The minimum atomic E-state index is -1.28. The van der Waals surface area contributed by atoms with Crippen LogP contribution in [0.1, 0.15) is 16.7 Å². The molecule has 2 amide bonds. The number of rotatable bonds is 5. The van der Waals surface area contributed by atoms with Crippen LogP contribution in [0.3, 0.4) is 0 Å². The van der Waals surface area contributed by atoms with E-state index >= 15 is 0 Å². The van der Waals surface area contributed by atoms with Gasteiger partial charge in [0.15, 0.2) is 0 Å². The van der Waals surface area contributed by atoms with Crippen molar-refractivity contribution in [2.45, 2.75) is 18.6 Å². The number of para-hydroxylation sites is 1. The highest BCUT2D eigenvalue weighted by atomic mass is 19.1. The molecule has 1 aliphatic heterocycles. The van der Waals surface area contributed by atoms with Crippen molar-refractivity contribution in [3.05, 3.63) is 95.3 Å². The molecule has 0 radical (unpaired) electrons. The lowest BCUT2D eigenvalue weighted by Gasteiger charge is -2.22. The zero-order chi connectivity index (χ0) is 23.5. The first kappa shape index (κ1) is 22.2. The number of carbonyl (C=O) groups excluding carboxylic acids is 2. The molecule has 1 unspecified atom stereocenters. The van der Waals surface area contributed by atoms with Crippen molar-refractivity contribution in [1.29, 1.82) is 0 Å². The van der Waals surface area contributed by atoms with E-state index in [0.29, 0.717) is 11.3 Å². The van der Waals surface area contributed by atoms with Crippen LogP contribution in [0.15, 0.2) is 77.8 Å². The summed E-state index contributed by atoms with van der Waals surface area (Å²) in [5, 5.41) is 12.0. The molecule has 0 fully saturated rings. The normalized spacial score (nSPS) is 16.5. The number of benzene rings is 3. The van der Waals surface area contributed by atoms with Gasteiger partial charge in [-0.15, -0.1) is 0 Å². The van der Waals surface area contributed by atoms with E-state index in [1.54, 1.807) is 61.6 Å². The number of carbonyl (C=O) groups is 2. The summed E-state index contributed by atoms with van der Waals surface area (Å²) in [6.45, 7) is 0. The minimum Gasteiger partial charge on any atom is -0.508 e. The quantitative estimate of drug-likeness (QED) is 0.559. The first-order valence-electron chi connectivity index (χ1n) is 10.4. The highest BCUT2D eigenvalue weighted by Gasteiger charge is 2.32. The average molecular weight is 446 g/mol. The zero-order valence-corrected chi connectivity index (χ0v) is 17.9. The highest BCUT2D eigenvalue weighted by molar-refractivity contribution is 6.20. The van der Waals surface area contributed by atoms with Gasteiger partial charge >= 0.3 is 0 Å². The SMILES string of the molecule is CN1C(=O)C(NC(=O)[C@@H](N)Cc2ccc(O)cc2)N=C(c2ccccc2F)c2ccccc21. The van der Waals surface area contributed by atoms with Gasteiger partial charge in [-0.3, -0.25) is 9.59 Å². The van der Waals surface area contributed by atoms with Crippen LogP contribution in [0.2, 0.25) is 0 Å². The van der Waals surface area contributed by atoms with Crippen molar-refractivity contribution in [2.75, 3.05) is 11.9 Å². The molecule has 3 aromatic carbocycles. The van der Waals surface area contributed by atoms with E-state index in [1.165, 1.54) is 23.1 Å². The Morgan fingerprint density at radius 2 is 1.73 bits per heavy atom. The number of aliphatic imine (C=N–C) groups is 1. The van der Waals surface area contributed by atoms with Gasteiger partial charge in [0, 0.05) is 18.2 Å². The second-order valence-electron chi connectivity index (χ2n) is 7.76. The molecule has 3 aromatic rings. The Morgan fingerprint density at radius 1 is 1.09 bits per heavy atom. The fourth-order valence-electron chi connectivity index (χ4n) is 3.70. The molecule has 1 heterocycles. The largest absolute Gasteiger partial charge is 0.508 e. The molecule has 0 bridgehead atoms. The van der Waals surface area contributed by atoms with Crippen LogP contribution in [0, 0.1) is 5.82 Å². The average Bonchev–Trinajstić information content (AvgIpc) is 2.91. The van der Waals surface area contributed by atoms with Crippen LogP contribution in [-0.2, 0) is 16.0 Å². The maximum Gasteiger partial charge on any atom is 0.272 e. The van der Waals surface area contributed by atoms with Crippen LogP contribution in [-0.4, -0.2) is 41.9 Å². The van der Waals surface area contributed by atoms with Crippen LogP contribution < -0.4 is 16.0 Å². The Labute approximate surface area is 190 Å². The molecule has 8 heteroatoms. The number of phenolic OH excluding ortho intramolecular Hbond substituents is 1. The molecular weight excluding hydrogens is 423 g/mol. The number of halogens is 1. The van der Waals surface area contributed by atoms with Crippen molar-refractivity contribution < 1.29 is 19.1 Å². The fourth-order valence-corrected chi connectivity index (χ4v) is 3.70. The summed E-state index contributed by atoms with van der Waals surface area (Å²) >= 11 is 0. The number of hydrogen-bond donors (Lipinski definition) is 3. The van der Waals surface area contributed by atoms with E-state index in [-0.39, 0.29) is 23.4 Å². The predicted octanol–water partition coefficient (Wildman–Crippen LogP) is 2.36. The fraction of sp³-hybridized carbons (Fsp3) is 0.160. The molecule has 0 aliphatic carbocycles. The van der Waals surface area contributed by atoms with Crippen molar-refractivity contribution >= 4 is 23.2 Å². The number of fused-ring (bicyclic) bond motifs is 1. The number of nitrogens with zero attached hydrogens (tertiary/aromatic N) is 2. The number of hydrogen-bond acceptors (Lipinski definition) is 5. The summed E-state index contributed by atoms with van der Waals surface area (Å²) < 4.78 is 14.7. The maximum atomic E-state index is 14.7. The Balaban J connectivity index is 1.66. The predicted molar refractivity (Wildman–Crippen MR) is 124 cm³/mol. The lowest BCUT2D eigenvalue weighted by Crippen LogP contribution is -2.51. The molecule has 33 heavy (non-hydrogen) atoms. The number of nitrogens with two attached hydrogens (primary N) is 1. The molecule has 4 rings (SSSR count). The number of amides is 2. The minimum absolute atomic E-state index is 0.110. The summed E-state index contributed by atoms with van der Waals surface area (Å²) in [5.41, 5.74) is 8.43. The number of phenols is 1. The summed E-state index contributed by atoms with van der Waals surface area (Å²) in [4.78, 5) is 31.9. The summed E-state index contributed by atoms with van der Waals surface area (Å²) in [5.74, 6) is -1.42. The van der Waals surface area contributed by atoms with Gasteiger partial charge in [0.2, 0.25) is 12.1 Å². The standard InChI is InChI=1S/C25H23FN4O3/c1-30-21-9-5-3-7-18(21)22(17-6-2-4-8-19(17)26)28-23(25(30)33)29-24(32)20(27)14-15-10-12-16(31)13-11-15/h2-13,20,23,31H,14,27H2,1H3,(H,29,32)/t20-,23?/m0/s1. The van der Waals surface area contributed by atoms with E-state index in [9.17, 15) is 19.1 Å². The van der Waals surface area contributed by atoms with Crippen molar-refractivity contribution in [3.8, 4) is 5.75 Å². The van der Waals surface area contributed by atoms with Gasteiger partial charge in [0.25, 0.3) is 5.91 Å². The molecule has 0 aromatic heterocycles. The third-order valence-electron chi connectivity index (χ3n) is 5.48. The topological polar surface area (TPSA) is 108 Å². The number of benzodiazepines with no additional fused rings is 1. The first-order chi connectivity index (χ1) is 15.8. The van der Waals surface area contributed by atoms with E-state index in [2.05, 4.69) is 10.3 Å². The molecule has 1 aliphatic rings. The monoisotopic (exact) mass is 446 g/mol. The molecule has 0 spiro atoms. The van der Waals surface area contributed by atoms with E-state index in [0.717, 1.165) is 5.56 Å². The van der Waals surface area contributed by atoms with Crippen molar-refractivity contribution in [1.82, 2.24) is 5.32 Å². The lowest BCUT2D eigenvalue weighted by molar-refractivity contribution is -0.128. The van der Waals surface area contributed by atoms with Crippen LogP contribution in [0.4, 0.5) is 10.1 Å². The van der Waals surface area contributed by atoms with Crippen molar-refractivity contribution in [3.63, 3.8) is 0 Å². The Kier molecular flexibility index (Phi) is 6.19. The van der Waals surface area contributed by atoms with Crippen LogP contribution in [0.5, 0.6) is 5.75 Å². The van der Waals surface area contributed by atoms with Crippen molar-refractivity contribution in [2.24, 2.45) is 10.7 Å². The molecule has 0 saturated heterocycles. The number of anilines is 1. The Morgan fingerprint density at radius 3 is 2.42 bits per heavy atom. The Bertz CT molecular complexity index is 1230. The number of aromatic hydroxyl groups is 1. The van der Waals surface area contributed by atoms with Gasteiger partial charge in [0.05, 0.1) is 17.4 Å². The van der Waals surface area contributed by atoms with Gasteiger partial charge in [-0.05, 0) is 42.3 Å². The molecule has 7 nitrogen and oxygen atoms in total. The highest BCUT2D eigenvalue weighted by Crippen LogP contribution is 2.28. The van der Waals surface area contributed by atoms with E-state index in [4.69, 9.17) is 5.73 Å². The van der Waals surface area contributed by atoms with Crippen LogP contribution >= 0.6 is 0 Å². The second kappa shape index (κ2) is 9.22. The van der Waals surface area contributed by atoms with E-state index < -0.39 is 29.8 Å². The number of nitrogens with one attached hydrogen (secondary N) is 1. The summed E-state index contributed by atoms with van der Waals surface area (Å²) in [6, 6.07) is 18.6. The number of likely N-dealkylation sites (N-methyl/N-ethyl adjacent to an activating group) is 1. The third kappa shape index (κ3) is 4.61. The van der Waals surface area contributed by atoms with Crippen LogP contribution in [0.25, 0.3) is 0 Å². The lowest BCUT2D eigenvalue weighted by atomic mass is 10.00. The van der Waals surface area contributed by atoms with E-state index in [1.807, 2.05) is 0 Å². The molecule has 4 N–H and O–H groups in total. The summed E-state index contributed by atoms with van der Waals surface area (Å²) in [6.07, 6.45) is -1.08. The molecular formula is C25H23FN4O3. The maximum absolute atomic E-state index is 14.7. The molecule has 168 valence electrons. The zero-order valence-electron chi connectivity index (χ0n) is 17.9. The molecule has 2 atom stereocenters. The van der Waals surface area contributed by atoms with Gasteiger partial charge < -0.3 is 21.1 Å². The van der Waals surface area contributed by atoms with Gasteiger partial charge in [-0.1, -0.05) is 42.5 Å². The molecule has 0 saturated carbocycles. The van der Waals surface area contributed by atoms with Gasteiger partial charge in [-0.25, -0.2) is 9.38 Å². The van der Waals surface area contributed by atoms with Gasteiger partial charge in [0.1, 0.15) is 11.6 Å². The second-order valence-corrected chi connectivity index (χ2v) is 7.76.